The number of ether oxygens (including phenoxy) is 1. The molecule has 4 nitrogen and oxygen atoms in total. The Kier molecular flexibility index (Phi) is 3.35. The average molecular weight is 227 g/mol. The van der Waals surface area contributed by atoms with Crippen LogP contribution in [0, 0.1) is 6.92 Å². The number of hydrogen-bond donors (Lipinski definition) is 1. The van der Waals surface area contributed by atoms with Crippen LogP contribution in [-0.2, 0) is 4.74 Å². The molecular formula is C10H17N3OS. The third-order valence-electron chi connectivity index (χ3n) is 2.78. The van der Waals surface area contributed by atoms with Crippen LogP contribution >= 0.6 is 11.3 Å². The summed E-state index contributed by atoms with van der Waals surface area (Å²) in [6.07, 6.45) is 0.0743. The van der Waals surface area contributed by atoms with Crippen molar-refractivity contribution < 1.29 is 4.74 Å². The van der Waals surface area contributed by atoms with E-state index < -0.39 is 0 Å². The van der Waals surface area contributed by atoms with Crippen molar-refractivity contribution >= 4 is 11.3 Å². The number of hydrogen-bond acceptors (Lipinski definition) is 5. The highest BCUT2D eigenvalue weighted by atomic mass is 32.1. The van der Waals surface area contributed by atoms with Gasteiger partial charge in [0.25, 0.3) is 0 Å². The van der Waals surface area contributed by atoms with Crippen LogP contribution in [0.5, 0.6) is 0 Å². The normalized spacial score (nSPS) is 28.2. The molecule has 15 heavy (non-hydrogen) atoms. The van der Waals surface area contributed by atoms with Crippen molar-refractivity contribution in [2.75, 3.05) is 26.7 Å². The molecule has 0 spiro atoms. The molecule has 2 heterocycles. The van der Waals surface area contributed by atoms with Gasteiger partial charge in [-0.3, -0.25) is 4.90 Å². The van der Waals surface area contributed by atoms with Gasteiger partial charge in [0, 0.05) is 18.5 Å². The van der Waals surface area contributed by atoms with Gasteiger partial charge in [0.15, 0.2) is 0 Å². The molecule has 0 aromatic carbocycles. The first-order chi connectivity index (χ1) is 7.22. The molecule has 0 radical (unpaired) electrons. The van der Waals surface area contributed by atoms with Crippen LogP contribution in [0.25, 0.3) is 0 Å². The molecule has 0 aliphatic carbocycles. The SMILES string of the molecule is Cc1nc(C2C(CN)OCCN2C)cs1. The summed E-state index contributed by atoms with van der Waals surface area (Å²) in [5.41, 5.74) is 6.82. The summed E-state index contributed by atoms with van der Waals surface area (Å²) in [5, 5.41) is 3.20. The highest BCUT2D eigenvalue weighted by Crippen LogP contribution is 2.28. The lowest BCUT2D eigenvalue weighted by Gasteiger charge is -2.37. The molecule has 5 heteroatoms. The van der Waals surface area contributed by atoms with Gasteiger partial charge in [-0.25, -0.2) is 4.98 Å². The Labute approximate surface area is 94.1 Å². The number of aryl methyl sites for hydroxylation is 1. The number of rotatable bonds is 2. The topological polar surface area (TPSA) is 51.4 Å². The van der Waals surface area contributed by atoms with Crippen LogP contribution in [0.1, 0.15) is 16.7 Å². The molecule has 1 aromatic rings. The lowest BCUT2D eigenvalue weighted by Crippen LogP contribution is -2.46. The van der Waals surface area contributed by atoms with E-state index >= 15 is 0 Å². The van der Waals surface area contributed by atoms with E-state index in [-0.39, 0.29) is 12.1 Å². The maximum atomic E-state index is 5.72. The van der Waals surface area contributed by atoms with E-state index in [0.717, 1.165) is 23.9 Å². The predicted octanol–water partition coefficient (Wildman–Crippen LogP) is 0.782. The van der Waals surface area contributed by atoms with E-state index in [0.29, 0.717) is 6.54 Å². The van der Waals surface area contributed by atoms with Crippen LogP contribution in [0.4, 0.5) is 0 Å². The zero-order valence-corrected chi connectivity index (χ0v) is 9.96. The maximum Gasteiger partial charge on any atom is 0.0909 e. The lowest BCUT2D eigenvalue weighted by atomic mass is 10.1. The van der Waals surface area contributed by atoms with Gasteiger partial charge in [-0.15, -0.1) is 11.3 Å². The molecular weight excluding hydrogens is 210 g/mol. The Morgan fingerprint density at radius 1 is 1.73 bits per heavy atom. The summed E-state index contributed by atoms with van der Waals surface area (Å²) in [4.78, 5) is 6.80. The van der Waals surface area contributed by atoms with Crippen LogP contribution in [0.2, 0.25) is 0 Å². The molecule has 1 aliphatic heterocycles. The van der Waals surface area contributed by atoms with Crippen molar-refractivity contribution in [3.8, 4) is 0 Å². The first-order valence-electron chi connectivity index (χ1n) is 5.16. The Morgan fingerprint density at radius 2 is 2.53 bits per heavy atom. The Bertz CT molecular complexity index is 328. The molecule has 0 saturated carbocycles. The number of thiazole rings is 1. The van der Waals surface area contributed by atoms with E-state index in [2.05, 4.69) is 22.3 Å². The number of morpholine rings is 1. The number of likely N-dealkylation sites (N-methyl/N-ethyl adjacent to an activating group) is 1. The Hall–Kier alpha value is -0.490. The molecule has 1 aliphatic rings. The van der Waals surface area contributed by atoms with Gasteiger partial charge in [0.1, 0.15) is 0 Å². The third-order valence-corrected chi connectivity index (χ3v) is 3.57. The fourth-order valence-corrected chi connectivity index (χ4v) is 2.63. The second kappa shape index (κ2) is 4.57. The van der Waals surface area contributed by atoms with E-state index in [9.17, 15) is 0 Å². The third kappa shape index (κ3) is 2.20. The minimum atomic E-state index is 0.0743. The summed E-state index contributed by atoms with van der Waals surface area (Å²) in [6, 6.07) is 0.216. The highest BCUT2D eigenvalue weighted by Gasteiger charge is 2.31. The molecule has 1 aromatic heterocycles. The second-order valence-corrected chi connectivity index (χ2v) is 4.92. The quantitative estimate of drug-likeness (QED) is 0.811. The zero-order valence-electron chi connectivity index (χ0n) is 9.14. The maximum absolute atomic E-state index is 5.72. The predicted molar refractivity (Wildman–Crippen MR) is 61.0 cm³/mol. The van der Waals surface area contributed by atoms with Gasteiger partial charge in [-0.1, -0.05) is 0 Å². The van der Waals surface area contributed by atoms with Gasteiger partial charge in [-0.05, 0) is 14.0 Å². The molecule has 1 fully saturated rings. The first kappa shape index (κ1) is 11.0. The largest absolute Gasteiger partial charge is 0.374 e. The van der Waals surface area contributed by atoms with Crippen molar-refractivity contribution in [2.45, 2.75) is 19.1 Å². The van der Waals surface area contributed by atoms with E-state index in [1.54, 1.807) is 11.3 Å². The zero-order chi connectivity index (χ0) is 10.8. The van der Waals surface area contributed by atoms with Gasteiger partial charge >= 0.3 is 0 Å². The summed E-state index contributed by atoms with van der Waals surface area (Å²) in [5.74, 6) is 0. The summed E-state index contributed by atoms with van der Waals surface area (Å²) in [7, 11) is 2.10. The van der Waals surface area contributed by atoms with Crippen molar-refractivity contribution in [2.24, 2.45) is 5.73 Å². The molecule has 2 rings (SSSR count). The summed E-state index contributed by atoms with van der Waals surface area (Å²) >= 11 is 1.68. The Morgan fingerprint density at radius 3 is 3.13 bits per heavy atom. The molecule has 0 amide bonds. The van der Waals surface area contributed by atoms with Crippen LogP contribution in [-0.4, -0.2) is 42.7 Å². The number of nitrogens with zero attached hydrogens (tertiary/aromatic N) is 2. The van der Waals surface area contributed by atoms with Gasteiger partial charge < -0.3 is 10.5 Å². The molecule has 2 N–H and O–H groups in total. The smallest absolute Gasteiger partial charge is 0.0909 e. The fraction of sp³-hybridized carbons (Fsp3) is 0.700. The summed E-state index contributed by atoms with van der Waals surface area (Å²) < 4.78 is 5.67. The van der Waals surface area contributed by atoms with Gasteiger partial charge in [-0.2, -0.15) is 0 Å². The molecule has 1 saturated heterocycles. The van der Waals surface area contributed by atoms with E-state index in [4.69, 9.17) is 10.5 Å². The van der Waals surface area contributed by atoms with Crippen LogP contribution < -0.4 is 5.73 Å². The monoisotopic (exact) mass is 227 g/mol. The number of nitrogens with two attached hydrogens (primary N) is 1. The van der Waals surface area contributed by atoms with Crippen molar-refractivity contribution in [1.29, 1.82) is 0 Å². The minimum absolute atomic E-state index is 0.0743. The van der Waals surface area contributed by atoms with Crippen molar-refractivity contribution in [3.63, 3.8) is 0 Å². The van der Waals surface area contributed by atoms with Gasteiger partial charge in [0.2, 0.25) is 0 Å². The second-order valence-electron chi connectivity index (χ2n) is 3.86. The standard InChI is InChI=1S/C10H17N3OS/c1-7-12-8(6-15-7)10-9(5-11)14-4-3-13(10)2/h6,9-10H,3-5,11H2,1-2H3. The number of aromatic nitrogens is 1. The highest BCUT2D eigenvalue weighted by molar-refractivity contribution is 7.09. The fourth-order valence-electron chi connectivity index (χ4n) is 1.99. The van der Waals surface area contributed by atoms with Crippen molar-refractivity contribution in [1.82, 2.24) is 9.88 Å². The molecule has 84 valence electrons. The first-order valence-corrected chi connectivity index (χ1v) is 6.04. The summed E-state index contributed by atoms with van der Waals surface area (Å²) in [6.45, 7) is 4.27. The molecule has 0 bridgehead atoms. The van der Waals surface area contributed by atoms with Gasteiger partial charge in [0.05, 0.1) is 29.5 Å². The molecule has 2 unspecified atom stereocenters. The minimum Gasteiger partial charge on any atom is -0.374 e. The lowest BCUT2D eigenvalue weighted by molar-refractivity contribution is -0.0588. The molecule has 2 atom stereocenters. The van der Waals surface area contributed by atoms with Crippen molar-refractivity contribution in [3.05, 3.63) is 16.1 Å². The van der Waals surface area contributed by atoms with Crippen LogP contribution in [0.3, 0.4) is 0 Å². The Balaban J connectivity index is 2.22. The van der Waals surface area contributed by atoms with Crippen LogP contribution in [0.15, 0.2) is 5.38 Å². The van der Waals surface area contributed by atoms with E-state index in [1.807, 2.05) is 6.92 Å². The van der Waals surface area contributed by atoms with E-state index in [1.165, 1.54) is 0 Å². The average Bonchev–Trinajstić information content (AvgIpc) is 2.64.